The van der Waals surface area contributed by atoms with Gasteiger partial charge in [0.15, 0.2) is 11.6 Å². The molecule has 3 heteroatoms. The average Bonchev–Trinajstić information content (AvgIpc) is 2.54. The summed E-state index contributed by atoms with van der Waals surface area (Å²) >= 11 is 0. The van der Waals surface area contributed by atoms with Gasteiger partial charge in [-0.1, -0.05) is 45.4 Å². The molecule has 0 bridgehead atoms. The van der Waals surface area contributed by atoms with Crippen molar-refractivity contribution in [3.05, 3.63) is 58.7 Å². The van der Waals surface area contributed by atoms with Crippen molar-refractivity contribution in [3.8, 4) is 17.2 Å². The second-order valence-electron chi connectivity index (χ2n) is 4.80. The minimum Gasteiger partial charge on any atom is -0.204 e. The van der Waals surface area contributed by atoms with Crippen LogP contribution < -0.4 is 0 Å². The summed E-state index contributed by atoms with van der Waals surface area (Å²) in [5, 5.41) is 9.12. The lowest BCUT2D eigenvalue weighted by Crippen LogP contribution is -1.97. The molecule has 2 aromatic carbocycles. The quantitative estimate of drug-likeness (QED) is 0.703. The van der Waals surface area contributed by atoms with Crippen LogP contribution >= 0.6 is 0 Å². The van der Waals surface area contributed by atoms with Crippen LogP contribution in [0, 0.1) is 29.9 Å². The van der Waals surface area contributed by atoms with Crippen LogP contribution in [0.15, 0.2) is 30.3 Å². The third kappa shape index (κ3) is 3.71. The van der Waals surface area contributed by atoms with Gasteiger partial charge in [-0.05, 0) is 42.2 Å². The number of nitriles is 1. The summed E-state index contributed by atoms with van der Waals surface area (Å²) < 4.78 is 27.6. The number of aryl methyl sites for hydroxylation is 2. The topological polar surface area (TPSA) is 23.8 Å². The van der Waals surface area contributed by atoms with Crippen LogP contribution in [-0.4, -0.2) is 0 Å². The van der Waals surface area contributed by atoms with Crippen LogP contribution in [0.25, 0.3) is 11.1 Å². The Morgan fingerprint density at radius 1 is 1.09 bits per heavy atom. The molecule has 1 nitrogen and oxygen atoms in total. The number of hydrogen-bond acceptors (Lipinski definition) is 1. The Balaban J connectivity index is 0.00000116. The first-order chi connectivity index (χ1) is 10.6. The molecule has 0 aliphatic rings. The van der Waals surface area contributed by atoms with Gasteiger partial charge >= 0.3 is 0 Å². The van der Waals surface area contributed by atoms with Gasteiger partial charge in [0, 0.05) is 5.56 Å². The molecule has 0 heterocycles. The van der Waals surface area contributed by atoms with Crippen LogP contribution in [0.5, 0.6) is 0 Å². The van der Waals surface area contributed by atoms with Crippen LogP contribution in [0.2, 0.25) is 0 Å². The standard InChI is InChI=1S/C17H15F2N.C2H6/c1-3-4-12-6-5-11(2)14(9-12)16-13(10-20)7-8-15(18)17(16)19;1-2/h5-9H,3-4H2,1-2H3;1-2H3. The Labute approximate surface area is 131 Å². The van der Waals surface area contributed by atoms with Crippen molar-refractivity contribution < 1.29 is 8.78 Å². The van der Waals surface area contributed by atoms with Crippen LogP contribution in [0.4, 0.5) is 8.78 Å². The van der Waals surface area contributed by atoms with E-state index in [0.29, 0.717) is 5.56 Å². The highest BCUT2D eigenvalue weighted by Gasteiger charge is 2.17. The number of rotatable bonds is 3. The van der Waals surface area contributed by atoms with E-state index in [1.807, 2.05) is 45.0 Å². The summed E-state index contributed by atoms with van der Waals surface area (Å²) in [4.78, 5) is 0. The zero-order valence-electron chi connectivity index (χ0n) is 13.5. The molecule has 0 amide bonds. The van der Waals surface area contributed by atoms with Gasteiger partial charge in [0.1, 0.15) is 0 Å². The zero-order chi connectivity index (χ0) is 16.7. The van der Waals surface area contributed by atoms with Crippen LogP contribution in [0.1, 0.15) is 43.9 Å². The molecule has 0 spiro atoms. The van der Waals surface area contributed by atoms with E-state index in [2.05, 4.69) is 6.92 Å². The van der Waals surface area contributed by atoms with E-state index in [0.717, 1.165) is 30.0 Å². The predicted molar refractivity (Wildman–Crippen MR) is 86.6 cm³/mol. The molecule has 0 aromatic heterocycles. The molecular weight excluding hydrogens is 280 g/mol. The minimum absolute atomic E-state index is 0.0583. The molecular formula is C19H21F2N. The lowest BCUT2D eigenvalue weighted by molar-refractivity contribution is 0.511. The van der Waals surface area contributed by atoms with Gasteiger partial charge in [0.25, 0.3) is 0 Å². The molecule has 116 valence electrons. The molecule has 0 saturated carbocycles. The molecule has 0 atom stereocenters. The van der Waals surface area contributed by atoms with Crippen molar-refractivity contribution in [2.24, 2.45) is 0 Å². The van der Waals surface area contributed by atoms with E-state index >= 15 is 0 Å². The number of halogens is 2. The minimum atomic E-state index is -0.958. The van der Waals surface area contributed by atoms with Crippen molar-refractivity contribution in [2.75, 3.05) is 0 Å². The highest BCUT2D eigenvalue weighted by molar-refractivity contribution is 5.74. The van der Waals surface area contributed by atoms with E-state index in [1.165, 1.54) is 6.07 Å². The van der Waals surface area contributed by atoms with E-state index in [-0.39, 0.29) is 11.1 Å². The largest absolute Gasteiger partial charge is 0.204 e. The lowest BCUT2D eigenvalue weighted by atomic mass is 9.93. The number of hydrogen-bond donors (Lipinski definition) is 0. The van der Waals surface area contributed by atoms with Gasteiger partial charge in [0.2, 0.25) is 0 Å². The lowest BCUT2D eigenvalue weighted by Gasteiger charge is -2.12. The van der Waals surface area contributed by atoms with Gasteiger partial charge in [-0.2, -0.15) is 5.26 Å². The summed E-state index contributed by atoms with van der Waals surface area (Å²) in [6.45, 7) is 7.89. The Kier molecular flexibility index (Phi) is 6.72. The summed E-state index contributed by atoms with van der Waals surface area (Å²) in [5.74, 6) is -1.89. The first-order valence-corrected chi connectivity index (χ1v) is 7.56. The third-order valence-corrected chi connectivity index (χ3v) is 3.33. The number of benzene rings is 2. The first kappa shape index (κ1) is 17.8. The maximum Gasteiger partial charge on any atom is 0.167 e. The molecule has 2 rings (SSSR count). The van der Waals surface area contributed by atoms with Gasteiger partial charge in [0.05, 0.1) is 11.6 Å². The summed E-state index contributed by atoms with van der Waals surface area (Å²) in [5.41, 5.74) is 2.68. The smallest absolute Gasteiger partial charge is 0.167 e. The third-order valence-electron chi connectivity index (χ3n) is 3.33. The molecule has 0 aliphatic heterocycles. The predicted octanol–water partition coefficient (Wildman–Crippen LogP) is 5.79. The van der Waals surface area contributed by atoms with Crippen molar-refractivity contribution in [2.45, 2.75) is 40.5 Å². The van der Waals surface area contributed by atoms with Crippen LogP contribution in [0.3, 0.4) is 0 Å². The molecule has 0 N–H and O–H groups in total. The molecule has 0 fully saturated rings. The van der Waals surface area contributed by atoms with Crippen molar-refractivity contribution in [3.63, 3.8) is 0 Å². The van der Waals surface area contributed by atoms with Crippen LogP contribution in [-0.2, 0) is 6.42 Å². The fourth-order valence-electron chi connectivity index (χ4n) is 2.29. The summed E-state index contributed by atoms with van der Waals surface area (Å²) in [6.07, 6.45) is 1.84. The Morgan fingerprint density at radius 2 is 1.77 bits per heavy atom. The van der Waals surface area contributed by atoms with Crippen molar-refractivity contribution in [1.29, 1.82) is 5.26 Å². The monoisotopic (exact) mass is 301 g/mol. The van der Waals surface area contributed by atoms with E-state index in [4.69, 9.17) is 5.26 Å². The SMILES string of the molecule is CC.CCCc1ccc(C)c(-c2c(C#N)ccc(F)c2F)c1. The molecule has 0 radical (unpaired) electrons. The van der Waals surface area contributed by atoms with Gasteiger partial charge in [-0.15, -0.1) is 0 Å². The molecule has 0 unspecified atom stereocenters. The fourth-order valence-corrected chi connectivity index (χ4v) is 2.29. The summed E-state index contributed by atoms with van der Waals surface area (Å²) in [6, 6.07) is 9.95. The van der Waals surface area contributed by atoms with Gasteiger partial charge in [-0.3, -0.25) is 0 Å². The molecule has 0 saturated heterocycles. The normalized spacial score (nSPS) is 9.68. The molecule has 0 aliphatic carbocycles. The summed E-state index contributed by atoms with van der Waals surface area (Å²) in [7, 11) is 0. The highest BCUT2D eigenvalue weighted by Crippen LogP contribution is 2.31. The van der Waals surface area contributed by atoms with E-state index in [1.54, 1.807) is 0 Å². The Hall–Kier alpha value is -2.21. The maximum absolute atomic E-state index is 14.1. The second kappa shape index (κ2) is 8.29. The Bertz CT molecular complexity index is 685. The Morgan fingerprint density at radius 3 is 2.36 bits per heavy atom. The first-order valence-electron chi connectivity index (χ1n) is 7.56. The average molecular weight is 301 g/mol. The highest BCUT2D eigenvalue weighted by atomic mass is 19.2. The van der Waals surface area contributed by atoms with Crippen molar-refractivity contribution >= 4 is 0 Å². The number of nitrogens with zero attached hydrogens (tertiary/aromatic N) is 1. The van der Waals surface area contributed by atoms with Gasteiger partial charge in [-0.25, -0.2) is 8.78 Å². The van der Waals surface area contributed by atoms with Gasteiger partial charge < -0.3 is 0 Å². The second-order valence-corrected chi connectivity index (χ2v) is 4.80. The zero-order valence-corrected chi connectivity index (χ0v) is 13.5. The maximum atomic E-state index is 14.1. The van der Waals surface area contributed by atoms with E-state index in [9.17, 15) is 8.78 Å². The molecule has 22 heavy (non-hydrogen) atoms. The molecule has 2 aromatic rings. The van der Waals surface area contributed by atoms with Crippen molar-refractivity contribution in [1.82, 2.24) is 0 Å². The van der Waals surface area contributed by atoms with E-state index < -0.39 is 11.6 Å². The fraction of sp³-hybridized carbons (Fsp3) is 0.316.